The van der Waals surface area contributed by atoms with Gasteiger partial charge in [-0.05, 0) is 24.3 Å². The minimum Gasteiger partial charge on any atom is -0.379 e. The fourth-order valence-corrected chi connectivity index (χ4v) is 3.38. The van der Waals surface area contributed by atoms with E-state index in [4.69, 9.17) is 16.3 Å². The van der Waals surface area contributed by atoms with Gasteiger partial charge in [0, 0.05) is 62.5 Å². The van der Waals surface area contributed by atoms with Crippen molar-refractivity contribution < 1.29 is 9.53 Å². The Morgan fingerprint density at radius 3 is 2.57 bits per heavy atom. The van der Waals surface area contributed by atoms with E-state index in [9.17, 15) is 4.79 Å². The number of rotatable bonds is 9. The van der Waals surface area contributed by atoms with Crippen molar-refractivity contribution in [2.24, 2.45) is 4.99 Å². The molecule has 28 heavy (non-hydrogen) atoms. The van der Waals surface area contributed by atoms with Gasteiger partial charge in [-0.3, -0.25) is 9.69 Å². The molecule has 0 atom stereocenters. The van der Waals surface area contributed by atoms with Crippen molar-refractivity contribution in [3.05, 3.63) is 29.3 Å². The maximum Gasteiger partial charge on any atom is 0.243 e. The van der Waals surface area contributed by atoms with Crippen LogP contribution in [0.1, 0.15) is 0 Å². The number of hydrogen-bond donors (Lipinski definition) is 2. The maximum absolute atomic E-state index is 11.8. The van der Waals surface area contributed by atoms with E-state index in [1.54, 1.807) is 30.8 Å². The number of hydrogen-bond acceptors (Lipinski definition) is 5. The lowest BCUT2D eigenvalue weighted by Crippen LogP contribution is -2.45. The first-order chi connectivity index (χ1) is 13.5. The van der Waals surface area contributed by atoms with Gasteiger partial charge in [0.15, 0.2) is 5.96 Å². The Hall–Kier alpha value is -1.48. The van der Waals surface area contributed by atoms with E-state index in [2.05, 4.69) is 20.5 Å². The van der Waals surface area contributed by atoms with Gasteiger partial charge in [0.05, 0.1) is 13.2 Å². The van der Waals surface area contributed by atoms with Crippen LogP contribution in [0.2, 0.25) is 5.02 Å². The molecular formula is C19H30ClN5O2S. The second-order valence-corrected chi connectivity index (χ2v) is 8.17. The standard InChI is InChI=1S/C19H30ClN5O2S/c1-24(2)18(26)15-23-19(21-7-9-25-10-12-27-13-11-25)22-8-14-28-17-5-3-16(20)4-6-17/h3-6H,7-15H2,1-2H3,(H2,21,22,23). The van der Waals surface area contributed by atoms with Gasteiger partial charge in [-0.1, -0.05) is 11.6 Å². The average molecular weight is 428 g/mol. The van der Waals surface area contributed by atoms with Gasteiger partial charge in [0.2, 0.25) is 5.91 Å². The van der Waals surface area contributed by atoms with Crippen LogP contribution in [-0.2, 0) is 9.53 Å². The molecule has 9 heteroatoms. The van der Waals surface area contributed by atoms with E-state index >= 15 is 0 Å². The Kier molecular flexibility index (Phi) is 10.5. The fourth-order valence-electron chi connectivity index (χ4n) is 2.49. The third kappa shape index (κ3) is 9.14. The van der Waals surface area contributed by atoms with Crippen LogP contribution in [0.5, 0.6) is 0 Å². The number of carbonyl (C=O) groups is 1. The molecule has 0 aromatic heterocycles. The number of benzene rings is 1. The van der Waals surface area contributed by atoms with E-state index < -0.39 is 0 Å². The molecule has 156 valence electrons. The molecule has 1 aromatic rings. The first-order valence-corrected chi connectivity index (χ1v) is 10.8. The first-order valence-electron chi connectivity index (χ1n) is 9.45. The van der Waals surface area contributed by atoms with Crippen molar-refractivity contribution in [1.29, 1.82) is 0 Å². The maximum atomic E-state index is 11.8. The molecule has 7 nitrogen and oxygen atoms in total. The SMILES string of the molecule is CN(C)C(=O)CN=C(NCCSc1ccc(Cl)cc1)NCCN1CCOCC1. The summed E-state index contributed by atoms with van der Waals surface area (Å²) in [5.74, 6) is 1.53. The zero-order valence-corrected chi connectivity index (χ0v) is 18.2. The van der Waals surface area contributed by atoms with E-state index in [1.807, 2.05) is 24.3 Å². The molecule has 0 aliphatic carbocycles. The highest BCUT2D eigenvalue weighted by Crippen LogP contribution is 2.19. The number of amides is 1. The topological polar surface area (TPSA) is 69.2 Å². The number of nitrogens with one attached hydrogen (secondary N) is 2. The van der Waals surface area contributed by atoms with Crippen LogP contribution < -0.4 is 10.6 Å². The van der Waals surface area contributed by atoms with Crippen molar-refractivity contribution in [1.82, 2.24) is 20.4 Å². The summed E-state index contributed by atoms with van der Waals surface area (Å²) in [7, 11) is 3.47. The summed E-state index contributed by atoms with van der Waals surface area (Å²) >= 11 is 7.66. The number of halogens is 1. The van der Waals surface area contributed by atoms with Crippen LogP contribution in [0.4, 0.5) is 0 Å². The molecule has 1 heterocycles. The molecule has 1 saturated heterocycles. The molecule has 2 N–H and O–H groups in total. The molecule has 0 radical (unpaired) electrons. The van der Waals surface area contributed by atoms with E-state index in [0.717, 1.165) is 56.7 Å². The third-order valence-electron chi connectivity index (χ3n) is 4.17. The summed E-state index contributed by atoms with van der Waals surface area (Å²) in [6.07, 6.45) is 0. The van der Waals surface area contributed by atoms with Gasteiger partial charge in [0.25, 0.3) is 0 Å². The zero-order chi connectivity index (χ0) is 20.2. The highest BCUT2D eigenvalue weighted by molar-refractivity contribution is 7.99. The van der Waals surface area contributed by atoms with E-state index in [-0.39, 0.29) is 12.5 Å². The Morgan fingerprint density at radius 1 is 1.21 bits per heavy atom. The Labute approximate surface area is 176 Å². The number of ether oxygens (including phenoxy) is 1. The van der Waals surface area contributed by atoms with Gasteiger partial charge in [-0.2, -0.15) is 0 Å². The van der Waals surface area contributed by atoms with Crippen LogP contribution >= 0.6 is 23.4 Å². The Morgan fingerprint density at radius 2 is 1.89 bits per heavy atom. The number of morpholine rings is 1. The molecule has 2 rings (SSSR count). The molecule has 0 bridgehead atoms. The van der Waals surface area contributed by atoms with Crippen LogP contribution in [-0.4, -0.2) is 94.0 Å². The summed E-state index contributed by atoms with van der Waals surface area (Å²) in [4.78, 5) is 21.3. The lowest BCUT2D eigenvalue weighted by molar-refractivity contribution is -0.127. The lowest BCUT2D eigenvalue weighted by atomic mass is 10.4. The number of carbonyl (C=O) groups excluding carboxylic acids is 1. The number of nitrogens with zero attached hydrogens (tertiary/aromatic N) is 3. The summed E-state index contributed by atoms with van der Waals surface area (Å²) < 4.78 is 5.37. The zero-order valence-electron chi connectivity index (χ0n) is 16.6. The number of likely N-dealkylation sites (N-methyl/N-ethyl adjacent to an activating group) is 1. The fraction of sp³-hybridized carbons (Fsp3) is 0.579. The van der Waals surface area contributed by atoms with Crippen molar-refractivity contribution >= 4 is 35.2 Å². The van der Waals surface area contributed by atoms with Crippen LogP contribution in [0, 0.1) is 0 Å². The molecule has 1 aromatic carbocycles. The Balaban J connectivity index is 1.76. The molecule has 1 aliphatic rings. The largest absolute Gasteiger partial charge is 0.379 e. The molecule has 1 fully saturated rings. The molecular weight excluding hydrogens is 398 g/mol. The predicted molar refractivity (Wildman–Crippen MR) is 116 cm³/mol. The normalized spacial score (nSPS) is 15.3. The Bertz CT molecular complexity index is 621. The third-order valence-corrected chi connectivity index (χ3v) is 5.44. The van der Waals surface area contributed by atoms with Gasteiger partial charge < -0.3 is 20.3 Å². The smallest absolute Gasteiger partial charge is 0.243 e. The number of aliphatic imine (C=N–C) groups is 1. The van der Waals surface area contributed by atoms with Crippen LogP contribution in [0.3, 0.4) is 0 Å². The summed E-state index contributed by atoms with van der Waals surface area (Å²) in [5, 5.41) is 7.38. The van der Waals surface area contributed by atoms with Crippen LogP contribution in [0.25, 0.3) is 0 Å². The highest BCUT2D eigenvalue weighted by Gasteiger charge is 2.10. The monoisotopic (exact) mass is 427 g/mol. The highest BCUT2D eigenvalue weighted by atomic mass is 35.5. The summed E-state index contributed by atoms with van der Waals surface area (Å²) in [6.45, 7) is 6.06. The van der Waals surface area contributed by atoms with Crippen molar-refractivity contribution in [3.63, 3.8) is 0 Å². The second kappa shape index (κ2) is 12.9. The van der Waals surface area contributed by atoms with Gasteiger partial charge >= 0.3 is 0 Å². The van der Waals surface area contributed by atoms with Crippen LogP contribution in [0.15, 0.2) is 34.2 Å². The quantitative estimate of drug-likeness (QED) is 0.268. The molecule has 1 aliphatic heterocycles. The van der Waals surface area contributed by atoms with E-state index in [0.29, 0.717) is 5.96 Å². The molecule has 0 saturated carbocycles. The number of thioether (sulfide) groups is 1. The number of guanidine groups is 1. The average Bonchev–Trinajstić information content (AvgIpc) is 2.70. The minimum absolute atomic E-state index is 0.0233. The minimum atomic E-state index is -0.0233. The summed E-state index contributed by atoms with van der Waals surface area (Å²) in [6, 6.07) is 7.81. The summed E-state index contributed by atoms with van der Waals surface area (Å²) in [5.41, 5.74) is 0. The first kappa shape index (κ1) is 22.8. The second-order valence-electron chi connectivity index (χ2n) is 6.56. The lowest BCUT2D eigenvalue weighted by Gasteiger charge is -2.26. The predicted octanol–water partition coefficient (Wildman–Crippen LogP) is 1.39. The van der Waals surface area contributed by atoms with Gasteiger partial charge in [-0.25, -0.2) is 4.99 Å². The molecule has 0 unspecified atom stereocenters. The van der Waals surface area contributed by atoms with Gasteiger partial charge in [0.1, 0.15) is 6.54 Å². The molecule has 0 spiro atoms. The van der Waals surface area contributed by atoms with Gasteiger partial charge in [-0.15, -0.1) is 11.8 Å². The molecule has 1 amide bonds. The van der Waals surface area contributed by atoms with E-state index in [1.165, 1.54) is 4.90 Å². The van der Waals surface area contributed by atoms with Crippen molar-refractivity contribution in [2.45, 2.75) is 4.90 Å². The van der Waals surface area contributed by atoms with Crippen molar-refractivity contribution in [3.8, 4) is 0 Å². The van der Waals surface area contributed by atoms with Crippen molar-refractivity contribution in [2.75, 3.05) is 72.3 Å².